The number of Topliss-reactive ketones (excluding diaryl/α,β-unsaturated/α-hetero) is 1. The minimum atomic E-state index is -4.46. The predicted molar refractivity (Wildman–Crippen MR) is 70.9 cm³/mol. The summed E-state index contributed by atoms with van der Waals surface area (Å²) in [6, 6.07) is 1.70. The monoisotopic (exact) mass is 298 g/mol. The minimum absolute atomic E-state index is 0.0822. The van der Waals surface area contributed by atoms with Gasteiger partial charge in [0, 0.05) is 36.0 Å². The largest absolute Gasteiger partial charge is 0.417 e. The lowest BCUT2D eigenvalue weighted by Gasteiger charge is -2.35. The zero-order valence-corrected chi connectivity index (χ0v) is 11.7. The van der Waals surface area contributed by atoms with Gasteiger partial charge in [-0.3, -0.25) is 9.78 Å². The van der Waals surface area contributed by atoms with E-state index in [0.717, 1.165) is 37.9 Å². The molecule has 1 aromatic heterocycles. The molecule has 2 aliphatic heterocycles. The third kappa shape index (κ3) is 2.69. The maximum absolute atomic E-state index is 12.7. The highest BCUT2D eigenvalue weighted by Crippen LogP contribution is 2.39. The van der Waals surface area contributed by atoms with Crippen molar-refractivity contribution in [2.24, 2.45) is 5.92 Å². The minimum Gasteiger partial charge on any atom is -0.300 e. The molecule has 2 saturated heterocycles. The lowest BCUT2D eigenvalue weighted by Crippen LogP contribution is -2.42. The fourth-order valence-electron chi connectivity index (χ4n) is 3.59. The van der Waals surface area contributed by atoms with Crippen molar-refractivity contribution in [2.45, 2.75) is 43.9 Å². The fourth-order valence-corrected chi connectivity index (χ4v) is 3.59. The van der Waals surface area contributed by atoms with Gasteiger partial charge < -0.3 is 4.90 Å². The maximum atomic E-state index is 12.7. The number of aromatic nitrogens is 1. The second-order valence-corrected chi connectivity index (χ2v) is 6.04. The van der Waals surface area contributed by atoms with Gasteiger partial charge in [-0.25, -0.2) is 0 Å². The van der Waals surface area contributed by atoms with E-state index in [9.17, 15) is 18.0 Å². The van der Waals surface area contributed by atoms with Crippen LogP contribution >= 0.6 is 0 Å². The van der Waals surface area contributed by atoms with E-state index in [0.29, 0.717) is 12.1 Å². The lowest BCUT2D eigenvalue weighted by atomic mass is 9.85. The van der Waals surface area contributed by atoms with Gasteiger partial charge in [0.2, 0.25) is 0 Å². The molecule has 0 aromatic carbocycles. The normalized spacial score (nSPS) is 29.6. The van der Waals surface area contributed by atoms with E-state index in [-0.39, 0.29) is 17.3 Å². The summed E-state index contributed by atoms with van der Waals surface area (Å²) in [7, 11) is 2.06. The Morgan fingerprint density at radius 3 is 2.43 bits per heavy atom. The molecule has 2 fully saturated rings. The van der Waals surface area contributed by atoms with E-state index < -0.39 is 11.7 Å². The predicted octanol–water partition coefficient (Wildman–Crippen LogP) is 3.16. The van der Waals surface area contributed by atoms with Gasteiger partial charge in [0.15, 0.2) is 5.78 Å². The number of carbonyl (C=O) groups is 1. The number of fused-ring (bicyclic) bond motifs is 2. The van der Waals surface area contributed by atoms with E-state index in [4.69, 9.17) is 0 Å². The van der Waals surface area contributed by atoms with Gasteiger partial charge >= 0.3 is 6.18 Å². The number of alkyl halides is 3. The van der Waals surface area contributed by atoms with Crippen LogP contribution in [0.2, 0.25) is 0 Å². The van der Waals surface area contributed by atoms with Crippen LogP contribution < -0.4 is 0 Å². The van der Waals surface area contributed by atoms with Crippen LogP contribution in [0.4, 0.5) is 13.2 Å². The molecule has 114 valence electrons. The Kier molecular flexibility index (Phi) is 3.51. The first-order valence-electron chi connectivity index (χ1n) is 7.14. The van der Waals surface area contributed by atoms with Crippen LogP contribution in [0.15, 0.2) is 18.5 Å². The van der Waals surface area contributed by atoms with Crippen molar-refractivity contribution < 1.29 is 18.0 Å². The first-order chi connectivity index (χ1) is 9.86. The van der Waals surface area contributed by atoms with Gasteiger partial charge in [-0.05, 0) is 38.8 Å². The van der Waals surface area contributed by atoms with E-state index in [1.807, 2.05) is 0 Å². The van der Waals surface area contributed by atoms with Crippen molar-refractivity contribution in [1.29, 1.82) is 0 Å². The Morgan fingerprint density at radius 1 is 1.24 bits per heavy atom. The van der Waals surface area contributed by atoms with Crippen LogP contribution in [0, 0.1) is 5.92 Å². The molecule has 0 spiro atoms. The number of hydrogen-bond acceptors (Lipinski definition) is 3. The molecule has 3 heterocycles. The first-order valence-corrected chi connectivity index (χ1v) is 7.14. The Labute approximate surface area is 121 Å². The summed E-state index contributed by atoms with van der Waals surface area (Å²) in [6.45, 7) is 0. The summed E-state index contributed by atoms with van der Waals surface area (Å²) in [5, 5.41) is 0. The van der Waals surface area contributed by atoms with Crippen molar-refractivity contribution in [3.05, 3.63) is 29.6 Å². The molecule has 0 aliphatic carbocycles. The standard InChI is InChI=1S/C15H17F3N2O/c1-20-12-2-3-13(20)6-9(5-12)14(21)10-4-11(8-19-7-10)15(16,17)18/h4,7-9,12-13H,2-3,5-6H2,1H3. The summed E-state index contributed by atoms with van der Waals surface area (Å²) in [5.41, 5.74) is -0.775. The summed E-state index contributed by atoms with van der Waals surface area (Å²) in [4.78, 5) is 18.4. The van der Waals surface area contributed by atoms with Crippen LogP contribution in [0.5, 0.6) is 0 Å². The maximum Gasteiger partial charge on any atom is 0.417 e. The molecule has 2 aliphatic rings. The molecule has 3 nitrogen and oxygen atoms in total. The van der Waals surface area contributed by atoms with Crippen LogP contribution in [0.3, 0.4) is 0 Å². The number of hydrogen-bond donors (Lipinski definition) is 0. The Morgan fingerprint density at radius 2 is 1.86 bits per heavy atom. The molecule has 0 N–H and O–H groups in total. The molecule has 2 unspecified atom stereocenters. The molecule has 2 bridgehead atoms. The Balaban J connectivity index is 1.80. The van der Waals surface area contributed by atoms with Gasteiger partial charge in [-0.2, -0.15) is 13.2 Å². The van der Waals surface area contributed by atoms with Crippen LogP contribution in [-0.4, -0.2) is 34.8 Å². The van der Waals surface area contributed by atoms with Gasteiger partial charge in [0.25, 0.3) is 0 Å². The summed E-state index contributed by atoms with van der Waals surface area (Å²) < 4.78 is 38.1. The number of ketones is 1. The molecular weight excluding hydrogens is 281 g/mol. The number of carbonyl (C=O) groups excluding carboxylic acids is 1. The number of nitrogens with zero attached hydrogens (tertiary/aromatic N) is 2. The highest BCUT2D eigenvalue weighted by Gasteiger charge is 2.41. The van der Waals surface area contributed by atoms with Crippen molar-refractivity contribution in [3.8, 4) is 0 Å². The molecule has 1 aromatic rings. The van der Waals surface area contributed by atoms with Crippen LogP contribution in [0.25, 0.3) is 0 Å². The summed E-state index contributed by atoms with van der Waals surface area (Å²) >= 11 is 0. The van der Waals surface area contributed by atoms with Gasteiger partial charge in [-0.15, -0.1) is 0 Å². The van der Waals surface area contributed by atoms with Crippen LogP contribution in [-0.2, 0) is 6.18 Å². The number of piperidine rings is 1. The van der Waals surface area contributed by atoms with Crippen molar-refractivity contribution in [1.82, 2.24) is 9.88 Å². The second-order valence-electron chi connectivity index (χ2n) is 6.04. The zero-order valence-electron chi connectivity index (χ0n) is 11.7. The molecule has 0 amide bonds. The van der Waals surface area contributed by atoms with E-state index in [2.05, 4.69) is 16.9 Å². The second kappa shape index (κ2) is 5.09. The van der Waals surface area contributed by atoms with E-state index in [1.165, 1.54) is 6.20 Å². The van der Waals surface area contributed by atoms with E-state index in [1.54, 1.807) is 0 Å². The lowest BCUT2D eigenvalue weighted by molar-refractivity contribution is -0.137. The smallest absolute Gasteiger partial charge is 0.300 e. The Hall–Kier alpha value is -1.43. The van der Waals surface area contributed by atoms with Crippen molar-refractivity contribution >= 4 is 5.78 Å². The summed E-state index contributed by atoms with van der Waals surface area (Å²) in [5.74, 6) is -0.373. The van der Waals surface area contributed by atoms with Gasteiger partial charge in [0.1, 0.15) is 0 Å². The number of halogens is 3. The van der Waals surface area contributed by atoms with Crippen molar-refractivity contribution in [3.63, 3.8) is 0 Å². The third-order valence-corrected chi connectivity index (χ3v) is 4.82. The van der Waals surface area contributed by atoms with E-state index >= 15 is 0 Å². The zero-order chi connectivity index (χ0) is 15.2. The molecule has 0 radical (unpaired) electrons. The third-order valence-electron chi connectivity index (χ3n) is 4.82. The molecule has 2 atom stereocenters. The SMILES string of the molecule is CN1C2CCC1CC(C(=O)c1cncc(C(F)(F)F)c1)C2. The molecule has 3 rings (SSSR count). The Bertz CT molecular complexity index is 544. The average Bonchev–Trinajstić information content (AvgIpc) is 2.66. The number of rotatable bonds is 2. The molecule has 21 heavy (non-hydrogen) atoms. The number of pyridine rings is 1. The fraction of sp³-hybridized carbons (Fsp3) is 0.600. The molecule has 6 heteroatoms. The topological polar surface area (TPSA) is 33.2 Å². The van der Waals surface area contributed by atoms with Gasteiger partial charge in [0.05, 0.1) is 5.56 Å². The molecule has 0 saturated carbocycles. The quantitative estimate of drug-likeness (QED) is 0.786. The first kappa shape index (κ1) is 14.5. The van der Waals surface area contributed by atoms with Crippen molar-refractivity contribution in [2.75, 3.05) is 7.05 Å². The molecular formula is C15H17F3N2O. The summed E-state index contributed by atoms with van der Waals surface area (Å²) in [6.07, 6.45) is 1.17. The van der Waals surface area contributed by atoms with Gasteiger partial charge in [-0.1, -0.05) is 0 Å². The highest BCUT2D eigenvalue weighted by molar-refractivity contribution is 5.97. The average molecular weight is 298 g/mol. The van der Waals surface area contributed by atoms with Crippen LogP contribution in [0.1, 0.15) is 41.6 Å². The highest BCUT2D eigenvalue weighted by atomic mass is 19.4.